The number of hydrogen-bond acceptors (Lipinski definition) is 2. The van der Waals surface area contributed by atoms with Gasteiger partial charge in [-0.15, -0.1) is 11.0 Å². The molecule has 1 atom stereocenters. The molecule has 6 heteroatoms. The monoisotopic (exact) mass is 512 g/mol. The SMILES string of the molecule is C=CCC(/C(=N/S(=O)(=O)c1ccc(C)cc1)N(C)Cc1ccccc1)[Si](C(C)C)(C(C)C)C(C)C. The molecule has 0 aliphatic heterocycles. The number of benzene rings is 2. The second kappa shape index (κ2) is 12.2. The first-order valence-corrected chi connectivity index (χ1v) is 16.4. The normalized spacial score (nSPS) is 14.0. The van der Waals surface area contributed by atoms with Gasteiger partial charge in [0.1, 0.15) is 5.84 Å². The van der Waals surface area contributed by atoms with Crippen LogP contribution in [0.1, 0.15) is 59.1 Å². The first kappa shape index (κ1) is 29.0. The van der Waals surface area contributed by atoms with Gasteiger partial charge >= 0.3 is 0 Å². The molecule has 1 unspecified atom stereocenters. The number of sulfonamides is 1. The maximum absolute atomic E-state index is 13.6. The lowest BCUT2D eigenvalue weighted by Gasteiger charge is -2.50. The lowest BCUT2D eigenvalue weighted by Crippen LogP contribution is -2.54. The van der Waals surface area contributed by atoms with Crippen molar-refractivity contribution in [3.05, 3.63) is 78.4 Å². The number of aryl methyl sites for hydroxylation is 1. The van der Waals surface area contributed by atoms with Crippen molar-refractivity contribution in [2.45, 2.75) is 88.5 Å². The number of hydrogen-bond donors (Lipinski definition) is 0. The lowest BCUT2D eigenvalue weighted by molar-refractivity contribution is 0.484. The van der Waals surface area contributed by atoms with Crippen LogP contribution in [0.3, 0.4) is 0 Å². The zero-order valence-corrected chi connectivity index (χ0v) is 24.6. The van der Waals surface area contributed by atoms with E-state index in [9.17, 15) is 8.42 Å². The molecule has 0 saturated heterocycles. The van der Waals surface area contributed by atoms with E-state index in [4.69, 9.17) is 0 Å². The van der Waals surface area contributed by atoms with Crippen LogP contribution in [-0.4, -0.2) is 34.3 Å². The van der Waals surface area contributed by atoms with Gasteiger partial charge in [0.25, 0.3) is 10.0 Å². The van der Waals surface area contributed by atoms with Crippen molar-refractivity contribution in [2.24, 2.45) is 4.40 Å². The van der Waals surface area contributed by atoms with Crippen LogP contribution in [0.15, 0.2) is 76.5 Å². The zero-order chi connectivity index (χ0) is 26.4. The summed E-state index contributed by atoms with van der Waals surface area (Å²) in [6.45, 7) is 20.5. The lowest BCUT2D eigenvalue weighted by atomic mass is 10.2. The Morgan fingerprint density at radius 1 is 0.943 bits per heavy atom. The van der Waals surface area contributed by atoms with Gasteiger partial charge in [-0.25, -0.2) is 0 Å². The third kappa shape index (κ3) is 6.53. The molecule has 0 heterocycles. The molecule has 0 spiro atoms. The van der Waals surface area contributed by atoms with Crippen LogP contribution < -0.4 is 0 Å². The summed E-state index contributed by atoms with van der Waals surface area (Å²) in [6.07, 6.45) is 2.66. The summed E-state index contributed by atoms with van der Waals surface area (Å²) in [5.41, 5.74) is 3.51. The average molecular weight is 513 g/mol. The Labute approximate surface area is 215 Å². The fourth-order valence-corrected chi connectivity index (χ4v) is 15.0. The summed E-state index contributed by atoms with van der Waals surface area (Å²) in [4.78, 5) is 2.29. The fourth-order valence-electron chi connectivity index (χ4n) is 6.13. The van der Waals surface area contributed by atoms with Crippen LogP contribution in [0.4, 0.5) is 0 Å². The highest BCUT2D eigenvalue weighted by molar-refractivity contribution is 7.90. The van der Waals surface area contributed by atoms with Gasteiger partial charge in [-0.2, -0.15) is 8.42 Å². The number of amidine groups is 1. The standard InChI is InChI=1S/C29H44N2O2SSi/c1-10-14-28(35(22(2)3,23(4)5)24(6)7)29(31(9)21-26-15-12-11-13-16-26)30-34(32,33)27-19-17-25(8)18-20-27/h10-13,15-20,22-24,28H,1,14,21H2,2-9H3/b30-29-. The third-order valence-electron chi connectivity index (χ3n) is 7.50. The molecule has 0 fully saturated rings. The quantitative estimate of drug-likeness (QED) is 0.133. The molecule has 0 radical (unpaired) electrons. The van der Waals surface area contributed by atoms with Crippen molar-refractivity contribution in [1.82, 2.24) is 4.90 Å². The largest absolute Gasteiger partial charge is 0.358 e. The number of rotatable bonds is 11. The number of nitrogens with zero attached hydrogens (tertiary/aromatic N) is 2. The van der Waals surface area contributed by atoms with Crippen molar-refractivity contribution in [2.75, 3.05) is 7.05 Å². The van der Waals surface area contributed by atoms with Crippen LogP contribution >= 0.6 is 0 Å². The van der Waals surface area contributed by atoms with E-state index in [0.29, 0.717) is 35.4 Å². The molecule has 0 saturated carbocycles. The van der Waals surface area contributed by atoms with E-state index in [-0.39, 0.29) is 10.4 Å². The molecule has 0 aromatic heterocycles. The maximum atomic E-state index is 13.6. The van der Waals surface area contributed by atoms with E-state index >= 15 is 0 Å². The molecule has 0 aliphatic carbocycles. The molecule has 0 N–H and O–H groups in total. The highest BCUT2D eigenvalue weighted by Crippen LogP contribution is 2.51. The van der Waals surface area contributed by atoms with Crippen LogP contribution in [0.25, 0.3) is 0 Å². The third-order valence-corrected chi connectivity index (χ3v) is 16.5. The van der Waals surface area contributed by atoms with E-state index in [1.807, 2.05) is 50.4 Å². The molecule has 192 valence electrons. The predicted molar refractivity (Wildman–Crippen MR) is 153 cm³/mol. The zero-order valence-electron chi connectivity index (χ0n) is 22.8. The molecular weight excluding hydrogens is 468 g/mol. The van der Waals surface area contributed by atoms with Gasteiger partial charge < -0.3 is 4.90 Å². The van der Waals surface area contributed by atoms with Crippen LogP contribution in [0.5, 0.6) is 0 Å². The topological polar surface area (TPSA) is 49.7 Å². The molecule has 2 aromatic carbocycles. The smallest absolute Gasteiger partial charge is 0.283 e. The van der Waals surface area contributed by atoms with Gasteiger partial charge in [0, 0.05) is 19.1 Å². The minimum atomic E-state index is -3.88. The fraction of sp³-hybridized carbons (Fsp3) is 0.483. The minimum Gasteiger partial charge on any atom is -0.358 e. The summed E-state index contributed by atoms with van der Waals surface area (Å²) >= 11 is 0. The van der Waals surface area contributed by atoms with Crippen LogP contribution in [0.2, 0.25) is 22.2 Å². The molecule has 0 amide bonds. The van der Waals surface area contributed by atoms with Gasteiger partial charge in [0.2, 0.25) is 0 Å². The summed E-state index contributed by atoms with van der Waals surface area (Å²) < 4.78 is 31.9. The Kier molecular flexibility index (Phi) is 10.1. The minimum absolute atomic E-state index is 0.0222. The van der Waals surface area contributed by atoms with Crippen molar-refractivity contribution in [3.8, 4) is 0 Å². The Morgan fingerprint density at radius 3 is 1.91 bits per heavy atom. The Bertz CT molecular complexity index is 1070. The first-order chi connectivity index (χ1) is 16.4. The van der Waals surface area contributed by atoms with Gasteiger partial charge in [-0.3, -0.25) is 0 Å². The van der Waals surface area contributed by atoms with Gasteiger partial charge in [0.15, 0.2) is 0 Å². The molecule has 35 heavy (non-hydrogen) atoms. The summed E-state index contributed by atoms with van der Waals surface area (Å²) in [6, 6.07) is 17.1. The van der Waals surface area contributed by atoms with Gasteiger partial charge in [-0.1, -0.05) is 95.6 Å². The van der Waals surface area contributed by atoms with Crippen molar-refractivity contribution < 1.29 is 8.42 Å². The molecule has 2 rings (SSSR count). The molecule has 4 nitrogen and oxygen atoms in total. The summed E-state index contributed by atoms with van der Waals surface area (Å²) in [5.74, 6) is 0.664. The van der Waals surface area contributed by atoms with Gasteiger partial charge in [-0.05, 0) is 47.7 Å². The van der Waals surface area contributed by atoms with E-state index in [1.54, 1.807) is 12.1 Å². The van der Waals surface area contributed by atoms with Crippen molar-refractivity contribution in [1.29, 1.82) is 0 Å². The highest BCUT2D eigenvalue weighted by Gasteiger charge is 2.51. The summed E-state index contributed by atoms with van der Waals surface area (Å²) in [5, 5.41) is 0. The summed E-state index contributed by atoms with van der Waals surface area (Å²) in [7, 11) is -4.04. The van der Waals surface area contributed by atoms with Gasteiger partial charge in [0.05, 0.1) is 13.0 Å². The predicted octanol–water partition coefficient (Wildman–Crippen LogP) is 7.84. The maximum Gasteiger partial charge on any atom is 0.283 e. The molecular formula is C29H44N2O2SSi. The second-order valence-electron chi connectivity index (χ2n) is 10.6. The van der Waals surface area contributed by atoms with E-state index in [1.165, 1.54) is 0 Å². The van der Waals surface area contributed by atoms with Crippen LogP contribution in [-0.2, 0) is 16.6 Å². The molecule has 2 aromatic rings. The van der Waals surface area contributed by atoms with Crippen molar-refractivity contribution in [3.63, 3.8) is 0 Å². The van der Waals surface area contributed by atoms with E-state index < -0.39 is 18.1 Å². The second-order valence-corrected chi connectivity index (χ2v) is 18.4. The molecule has 0 bridgehead atoms. The Hall–Kier alpha value is -2.18. The van der Waals surface area contributed by atoms with Crippen molar-refractivity contribution >= 4 is 23.9 Å². The van der Waals surface area contributed by atoms with E-state index in [0.717, 1.165) is 11.1 Å². The average Bonchev–Trinajstić information content (AvgIpc) is 2.77. The highest BCUT2D eigenvalue weighted by atomic mass is 32.2. The van der Waals surface area contributed by atoms with Crippen LogP contribution in [0, 0.1) is 6.92 Å². The Morgan fingerprint density at radius 2 is 1.46 bits per heavy atom. The number of allylic oxidation sites excluding steroid dienone is 1. The molecule has 0 aliphatic rings. The van der Waals surface area contributed by atoms with E-state index in [2.05, 4.69) is 69.6 Å². The Balaban J connectivity index is 2.79. The first-order valence-electron chi connectivity index (χ1n) is 12.6.